The van der Waals surface area contributed by atoms with Crippen LogP contribution < -0.4 is 11.1 Å². The summed E-state index contributed by atoms with van der Waals surface area (Å²) in [5.41, 5.74) is 5.82. The molecule has 0 aliphatic heterocycles. The summed E-state index contributed by atoms with van der Waals surface area (Å²) in [5, 5.41) is 12.2. The number of hydrogen-bond donors (Lipinski definition) is 3. The van der Waals surface area contributed by atoms with Crippen molar-refractivity contribution in [2.24, 2.45) is 0 Å². The molecule has 0 aliphatic carbocycles. The number of aromatic hydroxyl groups is 1. The zero-order valence-corrected chi connectivity index (χ0v) is 11.2. The molecule has 0 bridgehead atoms. The van der Waals surface area contributed by atoms with Crippen molar-refractivity contribution >= 4 is 33.2 Å². The van der Waals surface area contributed by atoms with Crippen LogP contribution in [-0.4, -0.2) is 11.0 Å². The van der Waals surface area contributed by atoms with E-state index in [1.54, 1.807) is 6.07 Å². The van der Waals surface area contributed by atoms with E-state index in [2.05, 4.69) is 21.2 Å². The van der Waals surface area contributed by atoms with E-state index in [9.17, 15) is 14.3 Å². The quantitative estimate of drug-likeness (QED) is 0.743. The smallest absolute Gasteiger partial charge is 0.259 e. The Bertz CT molecular complexity index is 647. The van der Waals surface area contributed by atoms with Crippen molar-refractivity contribution in [1.82, 2.24) is 0 Å². The van der Waals surface area contributed by atoms with E-state index < -0.39 is 11.7 Å². The molecule has 2 aromatic carbocycles. The average Bonchev–Trinajstić information content (AvgIpc) is 2.33. The van der Waals surface area contributed by atoms with Crippen LogP contribution in [0.5, 0.6) is 5.75 Å². The fraction of sp³-hybridized carbons (Fsp3) is 0. The first-order valence-corrected chi connectivity index (χ1v) is 6.11. The summed E-state index contributed by atoms with van der Waals surface area (Å²) in [7, 11) is 0. The van der Waals surface area contributed by atoms with Gasteiger partial charge in [0.2, 0.25) is 0 Å². The molecule has 0 aromatic heterocycles. The Balaban J connectivity index is 2.23. The van der Waals surface area contributed by atoms with Gasteiger partial charge in [0.15, 0.2) is 0 Å². The lowest BCUT2D eigenvalue weighted by Crippen LogP contribution is -2.12. The second-order valence-electron chi connectivity index (χ2n) is 3.85. The van der Waals surface area contributed by atoms with Gasteiger partial charge in [-0.1, -0.05) is 15.9 Å². The van der Waals surface area contributed by atoms with Crippen molar-refractivity contribution in [2.75, 3.05) is 11.1 Å². The molecule has 0 atom stereocenters. The van der Waals surface area contributed by atoms with E-state index in [1.165, 1.54) is 24.3 Å². The highest BCUT2D eigenvalue weighted by molar-refractivity contribution is 9.10. The van der Waals surface area contributed by atoms with Gasteiger partial charge in [0.05, 0.1) is 11.3 Å². The molecular weight excluding hydrogens is 315 g/mol. The van der Waals surface area contributed by atoms with Gasteiger partial charge in [-0.25, -0.2) is 4.39 Å². The first kappa shape index (κ1) is 13.4. The number of anilines is 2. The van der Waals surface area contributed by atoms with Gasteiger partial charge in [-0.15, -0.1) is 0 Å². The lowest BCUT2D eigenvalue weighted by atomic mass is 10.2. The van der Waals surface area contributed by atoms with Crippen LogP contribution in [0.2, 0.25) is 0 Å². The van der Waals surface area contributed by atoms with Crippen molar-refractivity contribution in [2.45, 2.75) is 0 Å². The fourth-order valence-corrected chi connectivity index (χ4v) is 1.87. The lowest BCUT2D eigenvalue weighted by Gasteiger charge is -2.08. The summed E-state index contributed by atoms with van der Waals surface area (Å²) in [5.74, 6) is -1.21. The van der Waals surface area contributed by atoms with Crippen molar-refractivity contribution in [1.29, 1.82) is 0 Å². The van der Waals surface area contributed by atoms with Gasteiger partial charge < -0.3 is 16.2 Å². The highest BCUT2D eigenvalue weighted by atomic mass is 79.9. The molecule has 0 fully saturated rings. The van der Waals surface area contributed by atoms with Crippen LogP contribution in [0.15, 0.2) is 40.9 Å². The van der Waals surface area contributed by atoms with E-state index in [0.29, 0.717) is 10.2 Å². The molecule has 4 N–H and O–H groups in total. The van der Waals surface area contributed by atoms with E-state index in [0.717, 1.165) is 6.07 Å². The molecule has 0 radical (unpaired) electrons. The van der Waals surface area contributed by atoms with E-state index in [-0.39, 0.29) is 17.0 Å². The molecule has 0 unspecified atom stereocenters. The van der Waals surface area contributed by atoms with Crippen LogP contribution >= 0.6 is 15.9 Å². The Morgan fingerprint density at radius 1 is 1.26 bits per heavy atom. The van der Waals surface area contributed by atoms with Crippen LogP contribution in [-0.2, 0) is 0 Å². The number of nitrogens with one attached hydrogen (secondary N) is 1. The number of carbonyl (C=O) groups is 1. The SMILES string of the molecule is Nc1cc(NC(=O)c2ccc(Br)cc2O)ccc1F. The molecule has 0 spiro atoms. The van der Waals surface area contributed by atoms with Crippen molar-refractivity contribution in [3.8, 4) is 5.75 Å². The zero-order chi connectivity index (χ0) is 14.0. The van der Waals surface area contributed by atoms with Gasteiger partial charge in [0, 0.05) is 10.2 Å². The summed E-state index contributed by atoms with van der Waals surface area (Å²) in [6.07, 6.45) is 0. The standard InChI is InChI=1S/C13H10BrFN2O2/c14-7-1-3-9(12(18)5-7)13(19)17-8-2-4-10(15)11(16)6-8/h1-6,18H,16H2,(H,17,19). The maximum atomic E-state index is 13.0. The van der Waals surface area contributed by atoms with Crippen LogP contribution in [0.4, 0.5) is 15.8 Å². The molecule has 2 rings (SSSR count). The average molecular weight is 325 g/mol. The molecule has 0 heterocycles. The number of benzene rings is 2. The minimum Gasteiger partial charge on any atom is -0.507 e. The summed E-state index contributed by atoms with van der Waals surface area (Å²) in [6.45, 7) is 0. The molecule has 0 aliphatic rings. The highest BCUT2D eigenvalue weighted by Crippen LogP contribution is 2.24. The van der Waals surface area contributed by atoms with Gasteiger partial charge in [0.1, 0.15) is 11.6 Å². The second-order valence-corrected chi connectivity index (χ2v) is 4.77. The van der Waals surface area contributed by atoms with E-state index in [4.69, 9.17) is 5.73 Å². The molecule has 1 amide bonds. The van der Waals surface area contributed by atoms with Gasteiger partial charge in [-0.3, -0.25) is 4.79 Å². The molecule has 98 valence electrons. The molecule has 4 nitrogen and oxygen atoms in total. The molecule has 19 heavy (non-hydrogen) atoms. The Kier molecular flexibility index (Phi) is 3.71. The molecule has 2 aromatic rings. The van der Waals surface area contributed by atoms with Gasteiger partial charge in [-0.05, 0) is 36.4 Å². The summed E-state index contributed by atoms with van der Waals surface area (Å²) < 4.78 is 13.6. The van der Waals surface area contributed by atoms with Crippen molar-refractivity contribution in [3.05, 3.63) is 52.3 Å². The first-order chi connectivity index (χ1) is 8.97. The van der Waals surface area contributed by atoms with Crippen LogP contribution in [0, 0.1) is 5.82 Å². The number of amides is 1. The Hall–Kier alpha value is -2.08. The summed E-state index contributed by atoms with van der Waals surface area (Å²) in [4.78, 5) is 11.9. The van der Waals surface area contributed by atoms with Crippen molar-refractivity contribution in [3.63, 3.8) is 0 Å². The summed E-state index contributed by atoms with van der Waals surface area (Å²) >= 11 is 3.18. The number of phenolic OH excluding ortho intramolecular Hbond substituents is 1. The minimum absolute atomic E-state index is 0.0576. The van der Waals surface area contributed by atoms with Crippen LogP contribution in [0.3, 0.4) is 0 Å². The second kappa shape index (κ2) is 5.27. The molecule has 0 saturated heterocycles. The normalized spacial score (nSPS) is 10.2. The minimum atomic E-state index is -0.551. The van der Waals surface area contributed by atoms with E-state index >= 15 is 0 Å². The third-order valence-corrected chi connectivity index (χ3v) is 2.95. The topological polar surface area (TPSA) is 75.3 Å². The van der Waals surface area contributed by atoms with Gasteiger partial charge in [0.25, 0.3) is 5.91 Å². The van der Waals surface area contributed by atoms with Gasteiger partial charge >= 0.3 is 0 Å². The maximum Gasteiger partial charge on any atom is 0.259 e. The molecular formula is C13H10BrFN2O2. The first-order valence-electron chi connectivity index (χ1n) is 5.32. The highest BCUT2D eigenvalue weighted by Gasteiger charge is 2.12. The number of rotatable bonds is 2. The number of halogens is 2. The number of hydrogen-bond acceptors (Lipinski definition) is 3. The monoisotopic (exact) mass is 324 g/mol. The predicted molar refractivity (Wildman–Crippen MR) is 74.6 cm³/mol. The lowest BCUT2D eigenvalue weighted by molar-refractivity contribution is 0.102. The van der Waals surface area contributed by atoms with Crippen molar-refractivity contribution < 1.29 is 14.3 Å². The van der Waals surface area contributed by atoms with Gasteiger partial charge in [-0.2, -0.15) is 0 Å². The Labute approximate surface area is 117 Å². The number of carbonyl (C=O) groups excluding carboxylic acids is 1. The third-order valence-electron chi connectivity index (χ3n) is 2.46. The number of nitrogens with two attached hydrogens (primary N) is 1. The Morgan fingerprint density at radius 2 is 2.00 bits per heavy atom. The molecule has 6 heteroatoms. The molecule has 0 saturated carbocycles. The maximum absolute atomic E-state index is 13.0. The van der Waals surface area contributed by atoms with E-state index in [1.807, 2.05) is 0 Å². The Morgan fingerprint density at radius 3 is 2.63 bits per heavy atom. The van der Waals surface area contributed by atoms with Crippen LogP contribution in [0.1, 0.15) is 10.4 Å². The number of nitrogen functional groups attached to an aromatic ring is 1. The third kappa shape index (κ3) is 3.03. The fourth-order valence-electron chi connectivity index (χ4n) is 1.52. The largest absolute Gasteiger partial charge is 0.507 e. The number of phenols is 1. The zero-order valence-electron chi connectivity index (χ0n) is 9.65. The predicted octanol–water partition coefficient (Wildman–Crippen LogP) is 3.13. The summed E-state index contributed by atoms with van der Waals surface area (Å²) in [6, 6.07) is 8.37. The van der Waals surface area contributed by atoms with Crippen LogP contribution in [0.25, 0.3) is 0 Å².